The Morgan fingerprint density at radius 3 is 2.23 bits per heavy atom. The Morgan fingerprint density at radius 2 is 1.57 bits per heavy atom. The Kier molecular flexibility index (Phi) is 9.72. The zero-order valence-corrected chi connectivity index (χ0v) is 20.6. The second kappa shape index (κ2) is 13.2. The maximum Gasteiger partial charge on any atom is 0.338 e. The lowest BCUT2D eigenvalue weighted by atomic mass is 10.1. The largest absolute Gasteiger partial charge is 0.462 e. The number of ether oxygens (including phenoxy) is 1. The van der Waals surface area contributed by atoms with Gasteiger partial charge >= 0.3 is 5.97 Å². The molecule has 0 spiro atoms. The van der Waals surface area contributed by atoms with Crippen LogP contribution >= 0.6 is 0 Å². The van der Waals surface area contributed by atoms with Gasteiger partial charge < -0.3 is 9.64 Å². The molecular weight excluding hydrogens is 441 g/mol. The molecule has 0 unspecified atom stereocenters. The Bertz CT molecular complexity index is 1150. The van der Waals surface area contributed by atoms with E-state index in [1.165, 1.54) is 6.07 Å². The summed E-state index contributed by atoms with van der Waals surface area (Å²) in [6.45, 7) is 2.59. The minimum atomic E-state index is -0.446. The highest BCUT2D eigenvalue weighted by atomic mass is 19.1. The highest BCUT2D eigenvalue weighted by molar-refractivity contribution is 5.89. The summed E-state index contributed by atoms with van der Waals surface area (Å²) in [5, 5.41) is 8.17. The highest BCUT2D eigenvalue weighted by Crippen LogP contribution is 2.24. The summed E-state index contributed by atoms with van der Waals surface area (Å²) < 4.78 is 19.8. The Hall–Kier alpha value is -3.80. The van der Waals surface area contributed by atoms with Crippen molar-refractivity contribution in [3.63, 3.8) is 0 Å². The molecule has 35 heavy (non-hydrogen) atoms. The van der Waals surface area contributed by atoms with E-state index in [4.69, 9.17) is 4.74 Å². The van der Waals surface area contributed by atoms with Crippen LogP contribution in [0.4, 0.5) is 21.5 Å². The van der Waals surface area contributed by atoms with Gasteiger partial charge in [-0.25, -0.2) is 9.18 Å². The molecule has 0 amide bonds. The predicted molar refractivity (Wildman–Crippen MR) is 141 cm³/mol. The van der Waals surface area contributed by atoms with E-state index in [0.717, 1.165) is 36.9 Å². The van der Waals surface area contributed by atoms with Crippen molar-refractivity contribution < 1.29 is 13.9 Å². The molecule has 0 aliphatic carbocycles. The van der Waals surface area contributed by atoms with Gasteiger partial charge in [-0.15, -0.1) is 5.11 Å². The van der Waals surface area contributed by atoms with Crippen molar-refractivity contribution in [1.29, 1.82) is 0 Å². The lowest BCUT2D eigenvalue weighted by molar-refractivity contribution is 0.0498. The topological polar surface area (TPSA) is 54.3 Å². The maximum atomic E-state index is 14.5. The maximum absolute atomic E-state index is 14.5. The highest BCUT2D eigenvalue weighted by Gasteiger charge is 2.06. The van der Waals surface area contributed by atoms with Crippen molar-refractivity contribution >= 4 is 35.2 Å². The number of carbonyl (C=O) groups is 1. The number of hydrogen-bond donors (Lipinski definition) is 0. The zero-order chi connectivity index (χ0) is 25.0. The van der Waals surface area contributed by atoms with Gasteiger partial charge in [0.25, 0.3) is 0 Å². The van der Waals surface area contributed by atoms with Crippen LogP contribution < -0.4 is 4.90 Å². The van der Waals surface area contributed by atoms with Crippen LogP contribution in [-0.4, -0.2) is 26.7 Å². The first-order chi connectivity index (χ1) is 17.0. The van der Waals surface area contributed by atoms with E-state index in [1.54, 1.807) is 24.3 Å². The number of halogens is 1. The Labute approximate surface area is 207 Å². The van der Waals surface area contributed by atoms with Gasteiger partial charge in [0.05, 0.1) is 17.9 Å². The molecule has 0 N–H and O–H groups in total. The number of hydrogen-bond acceptors (Lipinski definition) is 5. The van der Waals surface area contributed by atoms with E-state index in [0.29, 0.717) is 23.4 Å². The summed E-state index contributed by atoms with van der Waals surface area (Å²) in [5.74, 6) is -0.754. The number of benzene rings is 3. The first-order valence-electron chi connectivity index (χ1n) is 11.9. The molecule has 0 saturated carbocycles. The van der Waals surface area contributed by atoms with Gasteiger partial charge in [0.1, 0.15) is 5.69 Å². The summed E-state index contributed by atoms with van der Waals surface area (Å²) in [4.78, 5) is 14.1. The minimum Gasteiger partial charge on any atom is -0.462 e. The lowest BCUT2D eigenvalue weighted by Crippen LogP contribution is -2.07. The van der Waals surface area contributed by atoms with Crippen LogP contribution in [0.5, 0.6) is 0 Å². The van der Waals surface area contributed by atoms with Gasteiger partial charge in [-0.05, 0) is 66.1 Å². The number of nitrogens with zero attached hydrogens (tertiary/aromatic N) is 3. The van der Waals surface area contributed by atoms with Crippen molar-refractivity contribution in [3.05, 3.63) is 89.2 Å². The number of carbonyl (C=O) groups excluding carboxylic acids is 1. The fourth-order valence-corrected chi connectivity index (χ4v) is 3.34. The SMILES string of the molecule is CCCCCCOC(=O)c1ccc(/C=C/c2ccc(N=Nc3ccc(N(C)C)cc3)c(F)c2)cc1. The standard InChI is InChI=1S/C29H32FN3O2/c1-4-5-6-7-20-35-29(34)24-13-10-22(11-14-24)8-9-23-12-19-28(27(30)21-23)32-31-25-15-17-26(18-16-25)33(2)3/h8-19,21H,4-7,20H2,1-3H3/b9-8+,32-31?. The molecule has 5 nitrogen and oxygen atoms in total. The summed E-state index contributed by atoms with van der Waals surface area (Å²) >= 11 is 0. The quantitative estimate of drug-likeness (QED) is 0.122. The number of esters is 1. The predicted octanol–water partition coefficient (Wildman–Crippen LogP) is 8.21. The van der Waals surface area contributed by atoms with Crippen LogP contribution in [0.3, 0.4) is 0 Å². The number of anilines is 1. The molecule has 0 aliphatic rings. The van der Waals surface area contributed by atoms with Crippen molar-refractivity contribution in [2.24, 2.45) is 10.2 Å². The van der Waals surface area contributed by atoms with Crippen molar-refractivity contribution in [1.82, 2.24) is 0 Å². The monoisotopic (exact) mass is 473 g/mol. The van der Waals surface area contributed by atoms with Gasteiger partial charge in [0.2, 0.25) is 0 Å². The molecule has 0 bridgehead atoms. The van der Waals surface area contributed by atoms with E-state index in [1.807, 2.05) is 67.5 Å². The van der Waals surface area contributed by atoms with Gasteiger partial charge in [0.15, 0.2) is 5.82 Å². The molecular formula is C29H32FN3O2. The third kappa shape index (κ3) is 8.18. The second-order valence-electron chi connectivity index (χ2n) is 8.47. The van der Waals surface area contributed by atoms with E-state index in [9.17, 15) is 9.18 Å². The first-order valence-corrected chi connectivity index (χ1v) is 11.9. The summed E-state index contributed by atoms with van der Waals surface area (Å²) in [6, 6.07) is 19.5. The van der Waals surface area contributed by atoms with E-state index in [-0.39, 0.29) is 11.7 Å². The average molecular weight is 474 g/mol. The van der Waals surface area contributed by atoms with Gasteiger partial charge in [-0.3, -0.25) is 0 Å². The number of rotatable bonds is 11. The number of unbranched alkanes of at least 4 members (excludes halogenated alkanes) is 3. The van der Waals surface area contributed by atoms with Crippen molar-refractivity contribution in [2.75, 3.05) is 25.6 Å². The normalized spacial score (nSPS) is 11.3. The van der Waals surface area contributed by atoms with E-state index < -0.39 is 5.82 Å². The Morgan fingerprint density at radius 1 is 0.886 bits per heavy atom. The van der Waals surface area contributed by atoms with Crippen LogP contribution in [0.15, 0.2) is 77.0 Å². The molecule has 0 saturated heterocycles. The summed E-state index contributed by atoms with van der Waals surface area (Å²) in [7, 11) is 3.92. The third-order valence-corrected chi connectivity index (χ3v) is 5.46. The van der Waals surface area contributed by atoms with Gasteiger partial charge in [0, 0.05) is 19.8 Å². The van der Waals surface area contributed by atoms with E-state index in [2.05, 4.69) is 17.2 Å². The molecule has 6 heteroatoms. The summed E-state index contributed by atoms with van der Waals surface area (Å²) in [5.41, 5.74) is 4.01. The number of azo groups is 1. The zero-order valence-electron chi connectivity index (χ0n) is 20.6. The van der Waals surface area contributed by atoms with Crippen LogP contribution in [0.25, 0.3) is 12.2 Å². The van der Waals surface area contributed by atoms with Crippen LogP contribution in [0, 0.1) is 5.82 Å². The first kappa shape index (κ1) is 25.8. The fourth-order valence-electron chi connectivity index (χ4n) is 3.34. The van der Waals surface area contributed by atoms with Crippen molar-refractivity contribution in [2.45, 2.75) is 32.6 Å². The van der Waals surface area contributed by atoms with Crippen LogP contribution in [-0.2, 0) is 4.74 Å². The van der Waals surface area contributed by atoms with Crippen LogP contribution in [0.1, 0.15) is 54.1 Å². The third-order valence-electron chi connectivity index (χ3n) is 5.46. The van der Waals surface area contributed by atoms with E-state index >= 15 is 0 Å². The molecule has 0 radical (unpaired) electrons. The molecule has 0 aliphatic heterocycles. The molecule has 0 heterocycles. The molecule has 3 aromatic rings. The molecule has 3 rings (SSSR count). The molecule has 182 valence electrons. The molecule has 3 aromatic carbocycles. The molecule has 0 atom stereocenters. The van der Waals surface area contributed by atoms with Gasteiger partial charge in [-0.2, -0.15) is 5.11 Å². The van der Waals surface area contributed by atoms with Crippen molar-refractivity contribution in [3.8, 4) is 0 Å². The average Bonchev–Trinajstić information content (AvgIpc) is 2.87. The minimum absolute atomic E-state index is 0.177. The smallest absolute Gasteiger partial charge is 0.338 e. The molecule has 0 aromatic heterocycles. The Balaban J connectivity index is 1.56. The summed E-state index contributed by atoms with van der Waals surface area (Å²) in [6.07, 6.45) is 7.94. The van der Waals surface area contributed by atoms with Crippen LogP contribution in [0.2, 0.25) is 0 Å². The second-order valence-corrected chi connectivity index (χ2v) is 8.47. The lowest BCUT2D eigenvalue weighted by Gasteiger charge is -2.11. The van der Waals surface area contributed by atoms with Gasteiger partial charge in [-0.1, -0.05) is 56.5 Å². The fraction of sp³-hybridized carbons (Fsp3) is 0.276. The molecule has 0 fully saturated rings.